The number of thiophene rings is 1. The van der Waals surface area contributed by atoms with Crippen LogP contribution in [-0.4, -0.2) is 6.04 Å². The Balaban J connectivity index is 2.49. The molecule has 0 fully saturated rings. The maximum Gasteiger partial charge on any atom is 0.0222 e. The fourth-order valence-electron chi connectivity index (χ4n) is 0.874. The van der Waals surface area contributed by atoms with Gasteiger partial charge in [0, 0.05) is 6.04 Å². The molecule has 12 heavy (non-hydrogen) atoms. The molecule has 1 nitrogen and oxygen atoms in total. The molecule has 0 aromatic carbocycles. The average Bonchev–Trinajstić information content (AvgIpc) is 2.51. The van der Waals surface area contributed by atoms with Crippen LogP contribution in [0.5, 0.6) is 0 Å². The van der Waals surface area contributed by atoms with Gasteiger partial charge >= 0.3 is 0 Å². The molecule has 0 bridgehead atoms. The minimum absolute atomic E-state index is 0.184. The van der Waals surface area contributed by atoms with Crippen LogP contribution in [0.4, 0.5) is 0 Å². The van der Waals surface area contributed by atoms with Gasteiger partial charge < -0.3 is 5.73 Å². The van der Waals surface area contributed by atoms with Crippen LogP contribution in [0.15, 0.2) is 28.5 Å². The second-order valence-corrected chi connectivity index (χ2v) is 3.85. The molecule has 0 aliphatic carbocycles. The van der Waals surface area contributed by atoms with Gasteiger partial charge in [-0.1, -0.05) is 11.6 Å². The molecule has 1 heterocycles. The van der Waals surface area contributed by atoms with Crippen LogP contribution in [-0.2, 0) is 6.42 Å². The minimum Gasteiger partial charge on any atom is -0.324 e. The van der Waals surface area contributed by atoms with Gasteiger partial charge in [-0.25, -0.2) is 0 Å². The third kappa shape index (κ3) is 2.80. The lowest BCUT2D eigenvalue weighted by molar-refractivity contribution is 0.854. The first kappa shape index (κ1) is 9.49. The molecular weight excluding hydrogens is 166 g/mol. The predicted octanol–water partition coefficient (Wildman–Crippen LogP) is 2.58. The third-order valence-electron chi connectivity index (χ3n) is 1.96. The van der Waals surface area contributed by atoms with Crippen molar-refractivity contribution in [3.8, 4) is 0 Å². The van der Waals surface area contributed by atoms with Gasteiger partial charge in [-0.15, -0.1) is 0 Å². The van der Waals surface area contributed by atoms with Crippen LogP contribution >= 0.6 is 11.3 Å². The summed E-state index contributed by atoms with van der Waals surface area (Å²) in [4.78, 5) is 0. The van der Waals surface area contributed by atoms with E-state index in [-0.39, 0.29) is 6.04 Å². The molecule has 1 aromatic rings. The highest BCUT2D eigenvalue weighted by Gasteiger charge is 1.95. The number of nitrogens with two attached hydrogens (primary N) is 1. The summed E-state index contributed by atoms with van der Waals surface area (Å²) in [7, 11) is 0. The summed E-state index contributed by atoms with van der Waals surface area (Å²) in [5.74, 6) is 0. The van der Waals surface area contributed by atoms with Gasteiger partial charge in [-0.05, 0) is 42.7 Å². The summed E-state index contributed by atoms with van der Waals surface area (Å²) < 4.78 is 0. The van der Waals surface area contributed by atoms with E-state index in [0.717, 1.165) is 6.42 Å². The molecular formula is C10H15NS. The first-order chi connectivity index (χ1) is 5.70. The van der Waals surface area contributed by atoms with Gasteiger partial charge in [0.15, 0.2) is 0 Å². The summed E-state index contributed by atoms with van der Waals surface area (Å²) >= 11 is 1.74. The predicted molar refractivity (Wildman–Crippen MR) is 55.4 cm³/mol. The Morgan fingerprint density at radius 2 is 2.50 bits per heavy atom. The maximum atomic E-state index is 5.71. The SMILES string of the molecule is C/C(=C\Cc1ccsc1)C(C)N. The molecule has 1 rings (SSSR count). The molecule has 0 spiro atoms. The van der Waals surface area contributed by atoms with Crippen molar-refractivity contribution in [2.24, 2.45) is 5.73 Å². The molecule has 1 aromatic heterocycles. The highest BCUT2D eigenvalue weighted by atomic mass is 32.1. The largest absolute Gasteiger partial charge is 0.324 e. The smallest absolute Gasteiger partial charge is 0.0222 e. The highest BCUT2D eigenvalue weighted by molar-refractivity contribution is 7.07. The number of hydrogen-bond acceptors (Lipinski definition) is 2. The van der Waals surface area contributed by atoms with Gasteiger partial charge in [0.1, 0.15) is 0 Å². The number of allylic oxidation sites excluding steroid dienone is 1. The molecule has 0 saturated carbocycles. The van der Waals surface area contributed by atoms with Gasteiger partial charge in [-0.3, -0.25) is 0 Å². The van der Waals surface area contributed by atoms with Crippen molar-refractivity contribution in [3.05, 3.63) is 34.0 Å². The molecule has 2 heteroatoms. The summed E-state index contributed by atoms with van der Waals surface area (Å²) in [5.41, 5.74) is 8.35. The molecule has 0 aliphatic rings. The Morgan fingerprint density at radius 3 is 3.00 bits per heavy atom. The summed E-state index contributed by atoms with van der Waals surface area (Å²) in [6.45, 7) is 4.09. The third-order valence-corrected chi connectivity index (χ3v) is 2.69. The van der Waals surface area contributed by atoms with Crippen LogP contribution in [0, 0.1) is 0 Å². The van der Waals surface area contributed by atoms with Gasteiger partial charge in [0.2, 0.25) is 0 Å². The lowest BCUT2D eigenvalue weighted by Crippen LogP contribution is -2.15. The van der Waals surface area contributed by atoms with Crippen LogP contribution < -0.4 is 5.73 Å². The lowest BCUT2D eigenvalue weighted by Gasteiger charge is -2.03. The van der Waals surface area contributed by atoms with E-state index in [0.29, 0.717) is 0 Å². The van der Waals surface area contributed by atoms with Gasteiger partial charge in [-0.2, -0.15) is 11.3 Å². The van der Waals surface area contributed by atoms with Crippen molar-refractivity contribution < 1.29 is 0 Å². The second kappa shape index (κ2) is 4.43. The van der Waals surface area contributed by atoms with E-state index in [2.05, 4.69) is 29.8 Å². The normalized spacial score (nSPS) is 14.8. The Labute approximate surface area is 77.9 Å². The lowest BCUT2D eigenvalue weighted by atomic mass is 10.1. The van der Waals surface area contributed by atoms with E-state index < -0.39 is 0 Å². The average molecular weight is 181 g/mol. The monoisotopic (exact) mass is 181 g/mol. The van der Waals surface area contributed by atoms with E-state index in [1.54, 1.807) is 11.3 Å². The van der Waals surface area contributed by atoms with E-state index in [1.165, 1.54) is 11.1 Å². The molecule has 1 atom stereocenters. The Hall–Kier alpha value is -0.600. The standard InChI is InChI=1S/C10H15NS/c1-8(9(2)11)3-4-10-5-6-12-7-10/h3,5-7,9H,4,11H2,1-2H3/b8-3+. The summed E-state index contributed by atoms with van der Waals surface area (Å²) in [6, 6.07) is 2.33. The van der Waals surface area contributed by atoms with E-state index in [4.69, 9.17) is 5.73 Å². The first-order valence-electron chi connectivity index (χ1n) is 4.13. The maximum absolute atomic E-state index is 5.71. The summed E-state index contributed by atoms with van der Waals surface area (Å²) in [5, 5.41) is 4.27. The van der Waals surface area contributed by atoms with Crippen molar-refractivity contribution >= 4 is 11.3 Å². The quantitative estimate of drug-likeness (QED) is 0.713. The van der Waals surface area contributed by atoms with Crippen LogP contribution in [0.1, 0.15) is 19.4 Å². The zero-order valence-corrected chi connectivity index (χ0v) is 8.40. The molecule has 2 N–H and O–H groups in total. The highest BCUT2D eigenvalue weighted by Crippen LogP contribution is 2.08. The van der Waals surface area contributed by atoms with Crippen molar-refractivity contribution in [2.75, 3.05) is 0 Å². The van der Waals surface area contributed by atoms with E-state index >= 15 is 0 Å². The number of hydrogen-bond donors (Lipinski definition) is 1. The zero-order chi connectivity index (χ0) is 8.97. The molecule has 1 unspecified atom stereocenters. The number of rotatable bonds is 3. The van der Waals surface area contributed by atoms with Crippen molar-refractivity contribution in [1.82, 2.24) is 0 Å². The van der Waals surface area contributed by atoms with E-state index in [9.17, 15) is 0 Å². The van der Waals surface area contributed by atoms with Crippen molar-refractivity contribution in [3.63, 3.8) is 0 Å². The zero-order valence-electron chi connectivity index (χ0n) is 7.58. The summed E-state index contributed by atoms with van der Waals surface area (Å²) in [6.07, 6.45) is 3.21. The first-order valence-corrected chi connectivity index (χ1v) is 5.07. The minimum atomic E-state index is 0.184. The molecule has 0 saturated heterocycles. The van der Waals surface area contributed by atoms with Crippen LogP contribution in [0.3, 0.4) is 0 Å². The van der Waals surface area contributed by atoms with Gasteiger partial charge in [0.05, 0.1) is 0 Å². The topological polar surface area (TPSA) is 26.0 Å². The fourth-order valence-corrected chi connectivity index (χ4v) is 1.56. The molecule has 0 radical (unpaired) electrons. The molecule has 0 aliphatic heterocycles. The Morgan fingerprint density at radius 1 is 1.75 bits per heavy atom. The van der Waals surface area contributed by atoms with Crippen LogP contribution in [0.2, 0.25) is 0 Å². The van der Waals surface area contributed by atoms with Crippen LogP contribution in [0.25, 0.3) is 0 Å². The Bertz CT molecular complexity index is 247. The van der Waals surface area contributed by atoms with E-state index in [1.807, 2.05) is 6.92 Å². The molecule has 66 valence electrons. The molecule has 0 amide bonds. The van der Waals surface area contributed by atoms with Crippen molar-refractivity contribution in [2.45, 2.75) is 26.3 Å². The second-order valence-electron chi connectivity index (χ2n) is 3.07. The van der Waals surface area contributed by atoms with Crippen molar-refractivity contribution in [1.29, 1.82) is 0 Å². The fraction of sp³-hybridized carbons (Fsp3) is 0.400. The Kier molecular flexibility index (Phi) is 3.50. The van der Waals surface area contributed by atoms with Gasteiger partial charge in [0.25, 0.3) is 0 Å².